The molecule has 1 aromatic rings. The Morgan fingerprint density at radius 1 is 1.26 bits per heavy atom. The van der Waals surface area contributed by atoms with Crippen LogP contribution in [0.1, 0.15) is 42.9 Å². The van der Waals surface area contributed by atoms with E-state index in [2.05, 4.69) is 39.5 Å². The zero-order valence-electron chi connectivity index (χ0n) is 12.2. The second-order valence-corrected chi connectivity index (χ2v) is 5.62. The maximum atomic E-state index is 12.5. The standard InChI is InChI=1S/C17H23NO/c1-12-8-9-16(11-13(12)2)15(4)17(19)18-10-6-5-7-14(18)3/h8-9,11,14H,4-7,10H2,1-3H3/t14-/m1/s1. The van der Waals surface area contributed by atoms with E-state index >= 15 is 0 Å². The summed E-state index contributed by atoms with van der Waals surface area (Å²) < 4.78 is 0. The first-order valence-corrected chi connectivity index (χ1v) is 7.08. The maximum absolute atomic E-state index is 12.5. The summed E-state index contributed by atoms with van der Waals surface area (Å²) in [6, 6.07) is 6.45. The van der Waals surface area contributed by atoms with Gasteiger partial charge in [-0.2, -0.15) is 0 Å². The second-order valence-electron chi connectivity index (χ2n) is 5.62. The van der Waals surface area contributed by atoms with Gasteiger partial charge in [-0.25, -0.2) is 0 Å². The number of hydrogen-bond acceptors (Lipinski definition) is 1. The molecule has 1 aliphatic rings. The van der Waals surface area contributed by atoms with Gasteiger partial charge in [0.1, 0.15) is 0 Å². The van der Waals surface area contributed by atoms with Gasteiger partial charge in [0.05, 0.1) is 0 Å². The third-order valence-electron chi connectivity index (χ3n) is 4.18. The Kier molecular flexibility index (Phi) is 4.08. The molecule has 1 atom stereocenters. The van der Waals surface area contributed by atoms with Crippen molar-refractivity contribution < 1.29 is 4.79 Å². The zero-order chi connectivity index (χ0) is 14.0. The summed E-state index contributed by atoms with van der Waals surface area (Å²) in [5, 5.41) is 0. The number of hydrogen-bond donors (Lipinski definition) is 0. The van der Waals surface area contributed by atoms with Crippen molar-refractivity contribution in [2.75, 3.05) is 6.54 Å². The Labute approximate surface area is 116 Å². The van der Waals surface area contributed by atoms with Crippen molar-refractivity contribution in [3.63, 3.8) is 0 Å². The van der Waals surface area contributed by atoms with Gasteiger partial charge >= 0.3 is 0 Å². The fourth-order valence-corrected chi connectivity index (χ4v) is 2.63. The molecule has 1 saturated heterocycles. The molecule has 0 radical (unpaired) electrons. The zero-order valence-corrected chi connectivity index (χ0v) is 12.2. The van der Waals surface area contributed by atoms with Gasteiger partial charge < -0.3 is 4.90 Å². The number of amides is 1. The van der Waals surface area contributed by atoms with E-state index in [-0.39, 0.29) is 5.91 Å². The quantitative estimate of drug-likeness (QED) is 0.739. The fraction of sp³-hybridized carbons (Fsp3) is 0.471. The van der Waals surface area contributed by atoms with E-state index in [4.69, 9.17) is 0 Å². The molecular weight excluding hydrogens is 234 g/mol. The van der Waals surface area contributed by atoms with Gasteiger partial charge in [-0.05, 0) is 56.7 Å². The van der Waals surface area contributed by atoms with Crippen LogP contribution in [0.4, 0.5) is 0 Å². The van der Waals surface area contributed by atoms with Crippen LogP contribution in [0.5, 0.6) is 0 Å². The van der Waals surface area contributed by atoms with Crippen molar-refractivity contribution in [3.8, 4) is 0 Å². The molecule has 1 heterocycles. The van der Waals surface area contributed by atoms with E-state index in [1.807, 2.05) is 11.0 Å². The predicted molar refractivity (Wildman–Crippen MR) is 80.0 cm³/mol. The fourth-order valence-electron chi connectivity index (χ4n) is 2.63. The highest BCUT2D eigenvalue weighted by atomic mass is 16.2. The summed E-state index contributed by atoms with van der Waals surface area (Å²) in [6.45, 7) is 11.2. The molecule has 2 nitrogen and oxygen atoms in total. The van der Waals surface area contributed by atoms with Gasteiger partial charge in [-0.15, -0.1) is 0 Å². The second kappa shape index (κ2) is 5.60. The van der Waals surface area contributed by atoms with Gasteiger partial charge in [-0.3, -0.25) is 4.79 Å². The van der Waals surface area contributed by atoms with Crippen LogP contribution in [0.3, 0.4) is 0 Å². The van der Waals surface area contributed by atoms with Crippen molar-refractivity contribution in [1.82, 2.24) is 4.90 Å². The monoisotopic (exact) mass is 257 g/mol. The van der Waals surface area contributed by atoms with Crippen molar-refractivity contribution in [2.45, 2.75) is 46.1 Å². The molecule has 102 valence electrons. The maximum Gasteiger partial charge on any atom is 0.254 e. The Morgan fingerprint density at radius 2 is 2.00 bits per heavy atom. The lowest BCUT2D eigenvalue weighted by atomic mass is 9.98. The SMILES string of the molecule is C=C(C(=O)N1CCCC[C@H]1C)c1ccc(C)c(C)c1. The summed E-state index contributed by atoms with van der Waals surface area (Å²) >= 11 is 0. The normalized spacial score (nSPS) is 19.3. The molecule has 2 heteroatoms. The van der Waals surface area contributed by atoms with E-state index in [0.29, 0.717) is 11.6 Å². The van der Waals surface area contributed by atoms with Crippen LogP contribution >= 0.6 is 0 Å². The number of benzene rings is 1. The number of carbonyl (C=O) groups excluding carboxylic acids is 1. The van der Waals surface area contributed by atoms with E-state index < -0.39 is 0 Å². The van der Waals surface area contributed by atoms with Crippen LogP contribution in [0, 0.1) is 13.8 Å². The van der Waals surface area contributed by atoms with Gasteiger partial charge in [0.15, 0.2) is 0 Å². The molecule has 0 aliphatic carbocycles. The van der Waals surface area contributed by atoms with E-state index in [9.17, 15) is 4.79 Å². The molecule has 0 aromatic heterocycles. The Morgan fingerprint density at radius 3 is 2.63 bits per heavy atom. The van der Waals surface area contributed by atoms with Crippen LogP contribution in [0.25, 0.3) is 5.57 Å². The minimum atomic E-state index is 0.0930. The summed E-state index contributed by atoms with van der Waals surface area (Å²) in [6.07, 6.45) is 3.43. The van der Waals surface area contributed by atoms with Crippen LogP contribution in [-0.4, -0.2) is 23.4 Å². The Balaban J connectivity index is 2.18. The van der Waals surface area contributed by atoms with Crippen LogP contribution < -0.4 is 0 Å². The summed E-state index contributed by atoms with van der Waals surface area (Å²) in [7, 11) is 0. The average Bonchev–Trinajstić information content (AvgIpc) is 2.41. The largest absolute Gasteiger partial charge is 0.336 e. The first-order valence-electron chi connectivity index (χ1n) is 7.08. The number of likely N-dealkylation sites (tertiary alicyclic amines) is 1. The predicted octanol–water partition coefficient (Wildman–Crippen LogP) is 3.72. The highest BCUT2D eigenvalue weighted by Gasteiger charge is 2.25. The summed E-state index contributed by atoms with van der Waals surface area (Å²) in [5.74, 6) is 0.0930. The Bertz CT molecular complexity index is 504. The van der Waals surface area contributed by atoms with Crippen molar-refractivity contribution >= 4 is 11.5 Å². The number of aryl methyl sites for hydroxylation is 2. The molecule has 0 N–H and O–H groups in total. The van der Waals surface area contributed by atoms with Crippen LogP contribution in [0.2, 0.25) is 0 Å². The van der Waals surface area contributed by atoms with E-state index in [0.717, 1.165) is 24.9 Å². The van der Waals surface area contributed by atoms with Gasteiger partial charge in [0.25, 0.3) is 5.91 Å². The first-order chi connectivity index (χ1) is 9.00. The lowest BCUT2D eigenvalue weighted by Gasteiger charge is -2.34. The third kappa shape index (κ3) is 2.89. The summed E-state index contributed by atoms with van der Waals surface area (Å²) in [5.41, 5.74) is 4.02. The minimum Gasteiger partial charge on any atom is -0.336 e. The number of rotatable bonds is 2. The van der Waals surface area contributed by atoms with Crippen LogP contribution in [-0.2, 0) is 4.79 Å². The molecule has 1 aromatic carbocycles. The molecule has 1 aliphatic heterocycles. The molecule has 1 fully saturated rings. The summed E-state index contributed by atoms with van der Waals surface area (Å²) in [4.78, 5) is 14.5. The number of piperidine rings is 1. The molecule has 0 saturated carbocycles. The van der Waals surface area contributed by atoms with Crippen LogP contribution in [0.15, 0.2) is 24.8 Å². The smallest absolute Gasteiger partial charge is 0.254 e. The molecule has 0 spiro atoms. The van der Waals surface area contributed by atoms with Crippen molar-refractivity contribution in [1.29, 1.82) is 0 Å². The van der Waals surface area contributed by atoms with Gasteiger partial charge in [-0.1, -0.05) is 24.8 Å². The number of nitrogens with zero attached hydrogens (tertiary/aromatic N) is 1. The molecule has 2 rings (SSSR count). The first kappa shape index (κ1) is 13.9. The minimum absolute atomic E-state index is 0.0930. The lowest BCUT2D eigenvalue weighted by molar-refractivity contribution is -0.128. The topological polar surface area (TPSA) is 20.3 Å². The van der Waals surface area contributed by atoms with E-state index in [1.165, 1.54) is 17.5 Å². The van der Waals surface area contributed by atoms with Crippen molar-refractivity contribution in [2.24, 2.45) is 0 Å². The molecule has 0 unspecified atom stereocenters. The highest BCUT2D eigenvalue weighted by molar-refractivity contribution is 6.18. The average molecular weight is 257 g/mol. The Hall–Kier alpha value is -1.57. The number of carbonyl (C=O) groups is 1. The van der Waals surface area contributed by atoms with E-state index in [1.54, 1.807) is 0 Å². The lowest BCUT2D eigenvalue weighted by Crippen LogP contribution is -2.42. The van der Waals surface area contributed by atoms with Gasteiger partial charge in [0, 0.05) is 18.2 Å². The molecule has 1 amide bonds. The van der Waals surface area contributed by atoms with Crippen molar-refractivity contribution in [3.05, 3.63) is 41.5 Å². The molecular formula is C17H23NO. The van der Waals surface area contributed by atoms with Gasteiger partial charge in [0.2, 0.25) is 0 Å². The molecule has 19 heavy (non-hydrogen) atoms. The molecule has 0 bridgehead atoms. The highest BCUT2D eigenvalue weighted by Crippen LogP contribution is 2.23. The third-order valence-corrected chi connectivity index (χ3v) is 4.18.